The zero-order valence-corrected chi connectivity index (χ0v) is 14.4. The smallest absolute Gasteiger partial charge is 0.178 e. The molecular formula is C15H16N8S. The molecule has 0 aliphatic carbocycles. The van der Waals surface area contributed by atoms with Gasteiger partial charge in [-0.15, -0.1) is 26.6 Å². The molecule has 4 rings (SSSR count). The van der Waals surface area contributed by atoms with Crippen molar-refractivity contribution in [2.45, 2.75) is 13.5 Å². The van der Waals surface area contributed by atoms with Gasteiger partial charge in [-0.25, -0.2) is 9.97 Å². The van der Waals surface area contributed by atoms with Crippen molar-refractivity contribution in [3.8, 4) is 0 Å². The molecule has 4 aromatic heterocycles. The van der Waals surface area contributed by atoms with Crippen molar-refractivity contribution in [2.24, 2.45) is 0 Å². The van der Waals surface area contributed by atoms with Crippen LogP contribution in [-0.4, -0.2) is 43.9 Å². The third-order valence-corrected chi connectivity index (χ3v) is 4.60. The van der Waals surface area contributed by atoms with Crippen LogP contribution in [0.25, 0.3) is 15.9 Å². The zero-order chi connectivity index (χ0) is 16.7. The van der Waals surface area contributed by atoms with E-state index < -0.39 is 0 Å². The topological polar surface area (TPSA) is 84.1 Å². The van der Waals surface area contributed by atoms with Crippen LogP contribution < -0.4 is 10.2 Å². The lowest BCUT2D eigenvalue weighted by molar-refractivity contribution is 0.816. The predicted molar refractivity (Wildman–Crippen MR) is 94.6 cm³/mol. The maximum atomic E-state index is 4.56. The van der Waals surface area contributed by atoms with Crippen molar-refractivity contribution in [2.75, 3.05) is 24.3 Å². The van der Waals surface area contributed by atoms with Crippen molar-refractivity contribution in [1.29, 1.82) is 0 Å². The molecule has 0 unspecified atom stereocenters. The van der Waals surface area contributed by atoms with Crippen LogP contribution in [0.3, 0.4) is 0 Å². The van der Waals surface area contributed by atoms with E-state index in [1.165, 1.54) is 4.88 Å². The van der Waals surface area contributed by atoms with Crippen molar-refractivity contribution in [3.63, 3.8) is 0 Å². The Labute approximate surface area is 142 Å². The normalized spacial score (nSPS) is 11.3. The van der Waals surface area contributed by atoms with Gasteiger partial charge in [0.1, 0.15) is 22.8 Å². The van der Waals surface area contributed by atoms with Gasteiger partial charge in [0.05, 0.1) is 11.9 Å². The fourth-order valence-electron chi connectivity index (χ4n) is 2.45. The highest BCUT2D eigenvalue weighted by molar-refractivity contribution is 7.18. The van der Waals surface area contributed by atoms with E-state index in [1.54, 1.807) is 22.2 Å². The molecule has 9 heteroatoms. The van der Waals surface area contributed by atoms with Crippen LogP contribution in [0.4, 0.5) is 11.6 Å². The Balaban J connectivity index is 1.65. The van der Waals surface area contributed by atoms with Gasteiger partial charge in [-0.1, -0.05) is 0 Å². The van der Waals surface area contributed by atoms with Crippen molar-refractivity contribution < 1.29 is 0 Å². The summed E-state index contributed by atoms with van der Waals surface area (Å²) < 4.78 is 1.75. The van der Waals surface area contributed by atoms with E-state index in [9.17, 15) is 0 Å². The molecule has 0 saturated carbocycles. The predicted octanol–water partition coefficient (Wildman–Crippen LogP) is 2.12. The van der Waals surface area contributed by atoms with E-state index in [0.29, 0.717) is 6.54 Å². The largest absolute Gasteiger partial charge is 0.362 e. The van der Waals surface area contributed by atoms with Crippen LogP contribution in [0.5, 0.6) is 0 Å². The molecule has 0 aromatic carbocycles. The standard InChI is InChI=1S/C15H16N8S/c1-9-6-10-14(17-8-18-15(10)24-9)16-7-13-20-19-11-4-5-12(22(2)3)21-23(11)13/h4-6,8H,7H2,1-3H3,(H,16,17,18). The summed E-state index contributed by atoms with van der Waals surface area (Å²) >= 11 is 1.66. The highest BCUT2D eigenvalue weighted by Gasteiger charge is 2.11. The first kappa shape index (κ1) is 14.8. The molecule has 0 amide bonds. The van der Waals surface area contributed by atoms with Gasteiger partial charge in [0.2, 0.25) is 0 Å². The van der Waals surface area contributed by atoms with E-state index >= 15 is 0 Å². The number of hydrogen-bond acceptors (Lipinski definition) is 8. The Morgan fingerprint density at radius 3 is 2.92 bits per heavy atom. The van der Waals surface area contributed by atoms with E-state index in [1.807, 2.05) is 31.1 Å². The lowest BCUT2D eigenvalue weighted by Gasteiger charge is -2.11. The maximum Gasteiger partial charge on any atom is 0.178 e. The monoisotopic (exact) mass is 340 g/mol. The summed E-state index contributed by atoms with van der Waals surface area (Å²) in [5.74, 6) is 2.37. The summed E-state index contributed by atoms with van der Waals surface area (Å²) in [5, 5.41) is 17.3. The molecule has 8 nitrogen and oxygen atoms in total. The fourth-order valence-corrected chi connectivity index (χ4v) is 3.30. The van der Waals surface area contributed by atoms with Gasteiger partial charge in [0.15, 0.2) is 11.5 Å². The third kappa shape index (κ3) is 2.52. The number of nitrogens with zero attached hydrogens (tertiary/aromatic N) is 7. The molecule has 0 aliphatic heterocycles. The minimum Gasteiger partial charge on any atom is -0.362 e. The molecular weight excluding hydrogens is 324 g/mol. The first-order valence-electron chi connectivity index (χ1n) is 7.45. The Bertz CT molecular complexity index is 1020. The fraction of sp³-hybridized carbons (Fsp3) is 0.267. The van der Waals surface area contributed by atoms with Gasteiger partial charge in [0.25, 0.3) is 0 Å². The first-order chi connectivity index (χ1) is 11.6. The molecule has 1 N–H and O–H groups in total. The van der Waals surface area contributed by atoms with Crippen LogP contribution in [-0.2, 0) is 6.54 Å². The average molecular weight is 340 g/mol. The van der Waals surface area contributed by atoms with Gasteiger partial charge in [-0.3, -0.25) is 0 Å². The Hall–Kier alpha value is -2.81. The summed E-state index contributed by atoms with van der Waals surface area (Å²) in [6.07, 6.45) is 1.57. The number of anilines is 2. The minimum absolute atomic E-state index is 0.478. The summed E-state index contributed by atoms with van der Waals surface area (Å²) in [4.78, 5) is 12.8. The molecule has 0 fully saturated rings. The molecule has 0 aliphatic rings. The summed E-state index contributed by atoms with van der Waals surface area (Å²) in [6, 6.07) is 5.92. The van der Waals surface area contributed by atoms with E-state index in [4.69, 9.17) is 0 Å². The number of hydrogen-bond donors (Lipinski definition) is 1. The van der Waals surface area contributed by atoms with Gasteiger partial charge in [-0.2, -0.15) is 4.52 Å². The summed E-state index contributed by atoms with van der Waals surface area (Å²) in [7, 11) is 3.90. The summed E-state index contributed by atoms with van der Waals surface area (Å²) in [5.41, 5.74) is 0.719. The Kier molecular flexibility index (Phi) is 3.49. The number of rotatable bonds is 4. The number of aryl methyl sites for hydroxylation is 1. The highest BCUT2D eigenvalue weighted by atomic mass is 32.1. The first-order valence-corrected chi connectivity index (χ1v) is 8.27. The van der Waals surface area contributed by atoms with Crippen molar-refractivity contribution >= 4 is 38.8 Å². The maximum absolute atomic E-state index is 4.56. The second-order valence-electron chi connectivity index (χ2n) is 5.62. The lowest BCUT2D eigenvalue weighted by Crippen LogP contribution is -2.14. The second kappa shape index (κ2) is 5.68. The molecule has 4 heterocycles. The van der Waals surface area contributed by atoms with E-state index in [-0.39, 0.29) is 0 Å². The van der Waals surface area contributed by atoms with Crippen LogP contribution in [0, 0.1) is 6.92 Å². The average Bonchev–Trinajstić information content (AvgIpc) is 3.14. The molecule has 24 heavy (non-hydrogen) atoms. The van der Waals surface area contributed by atoms with Gasteiger partial charge in [0, 0.05) is 19.0 Å². The molecule has 0 spiro atoms. The zero-order valence-electron chi connectivity index (χ0n) is 13.6. The number of fused-ring (bicyclic) bond motifs is 2. The number of thiophene rings is 1. The third-order valence-electron chi connectivity index (χ3n) is 3.64. The van der Waals surface area contributed by atoms with Gasteiger partial charge >= 0.3 is 0 Å². The lowest BCUT2D eigenvalue weighted by atomic mass is 10.3. The van der Waals surface area contributed by atoms with Crippen LogP contribution >= 0.6 is 11.3 Å². The number of aromatic nitrogens is 6. The molecule has 0 atom stereocenters. The molecule has 0 saturated heterocycles. The number of nitrogens with one attached hydrogen (secondary N) is 1. The van der Waals surface area contributed by atoms with Crippen LogP contribution in [0.15, 0.2) is 24.5 Å². The van der Waals surface area contributed by atoms with Gasteiger partial charge < -0.3 is 10.2 Å². The van der Waals surface area contributed by atoms with Crippen molar-refractivity contribution in [1.82, 2.24) is 29.8 Å². The Morgan fingerprint density at radius 1 is 1.21 bits per heavy atom. The van der Waals surface area contributed by atoms with E-state index in [0.717, 1.165) is 33.3 Å². The second-order valence-corrected chi connectivity index (χ2v) is 6.86. The molecule has 0 bridgehead atoms. The molecule has 0 radical (unpaired) electrons. The van der Waals surface area contributed by atoms with E-state index in [2.05, 4.69) is 43.6 Å². The Morgan fingerprint density at radius 2 is 2.08 bits per heavy atom. The molecule has 4 aromatic rings. The highest BCUT2D eigenvalue weighted by Crippen LogP contribution is 2.27. The van der Waals surface area contributed by atoms with Crippen LogP contribution in [0.1, 0.15) is 10.7 Å². The SMILES string of the molecule is Cc1cc2c(NCc3nnc4ccc(N(C)C)nn34)ncnc2s1. The van der Waals surface area contributed by atoms with Crippen LogP contribution in [0.2, 0.25) is 0 Å². The summed E-state index contributed by atoms with van der Waals surface area (Å²) in [6.45, 7) is 2.54. The van der Waals surface area contributed by atoms with Gasteiger partial charge in [-0.05, 0) is 25.1 Å². The quantitative estimate of drug-likeness (QED) is 0.609. The molecule has 122 valence electrons. The van der Waals surface area contributed by atoms with Crippen molar-refractivity contribution in [3.05, 3.63) is 35.2 Å². The minimum atomic E-state index is 0.478.